The average molecular weight is 220 g/mol. The fourth-order valence-corrected chi connectivity index (χ4v) is 1.73. The van der Waals surface area contributed by atoms with Gasteiger partial charge in [0.05, 0.1) is 5.60 Å². The van der Waals surface area contributed by atoms with Crippen molar-refractivity contribution in [3.8, 4) is 0 Å². The van der Waals surface area contributed by atoms with E-state index in [0.29, 0.717) is 31.7 Å². The van der Waals surface area contributed by atoms with Crippen molar-refractivity contribution in [1.82, 2.24) is 5.32 Å². The number of rotatable bonds is 7. The van der Waals surface area contributed by atoms with Crippen LogP contribution in [-0.2, 0) is 4.79 Å². The molecule has 14 heavy (non-hydrogen) atoms. The minimum atomic E-state index is -0.822. The van der Waals surface area contributed by atoms with Crippen LogP contribution >= 0.6 is 11.8 Å². The van der Waals surface area contributed by atoms with Crippen molar-refractivity contribution in [3.63, 3.8) is 0 Å². The van der Waals surface area contributed by atoms with E-state index in [4.69, 9.17) is 5.73 Å². The Morgan fingerprint density at radius 2 is 2.29 bits per heavy atom. The Morgan fingerprint density at radius 1 is 1.64 bits per heavy atom. The summed E-state index contributed by atoms with van der Waals surface area (Å²) in [7, 11) is 0. The van der Waals surface area contributed by atoms with Gasteiger partial charge in [0, 0.05) is 18.7 Å². The maximum Gasteiger partial charge on any atom is 0.220 e. The van der Waals surface area contributed by atoms with Gasteiger partial charge < -0.3 is 16.2 Å². The van der Waals surface area contributed by atoms with Gasteiger partial charge in [-0.05, 0) is 26.1 Å². The van der Waals surface area contributed by atoms with Crippen molar-refractivity contribution < 1.29 is 9.90 Å². The summed E-state index contributed by atoms with van der Waals surface area (Å²) in [5.74, 6) is 0.571. The lowest BCUT2D eigenvalue weighted by Crippen LogP contribution is -2.42. The number of hydrogen-bond donors (Lipinski definition) is 3. The summed E-state index contributed by atoms with van der Waals surface area (Å²) in [6, 6.07) is 0. The lowest BCUT2D eigenvalue weighted by molar-refractivity contribution is -0.122. The molecule has 4 N–H and O–H groups in total. The lowest BCUT2D eigenvalue weighted by atomic mass is 10.1. The molecule has 0 aromatic heterocycles. The Labute approximate surface area is 89.6 Å². The molecule has 0 saturated heterocycles. The van der Waals surface area contributed by atoms with Crippen molar-refractivity contribution in [2.45, 2.75) is 25.4 Å². The monoisotopic (exact) mass is 220 g/mol. The number of hydrogen-bond acceptors (Lipinski definition) is 4. The molecule has 0 aliphatic carbocycles. The van der Waals surface area contributed by atoms with Crippen LogP contribution in [0.1, 0.15) is 19.8 Å². The van der Waals surface area contributed by atoms with E-state index in [9.17, 15) is 9.90 Å². The zero-order chi connectivity index (χ0) is 11.0. The van der Waals surface area contributed by atoms with Gasteiger partial charge in [0.2, 0.25) is 5.91 Å². The van der Waals surface area contributed by atoms with Gasteiger partial charge in [0.15, 0.2) is 0 Å². The molecule has 0 aromatic rings. The van der Waals surface area contributed by atoms with Crippen LogP contribution in [0.5, 0.6) is 0 Å². The predicted molar refractivity (Wildman–Crippen MR) is 60.3 cm³/mol. The zero-order valence-electron chi connectivity index (χ0n) is 8.88. The third kappa shape index (κ3) is 7.17. The molecule has 0 radical (unpaired) electrons. The first-order chi connectivity index (χ1) is 6.52. The number of amides is 1. The number of nitrogens with two attached hydrogens (primary N) is 1. The molecule has 0 saturated carbocycles. The minimum absolute atomic E-state index is 0.0446. The van der Waals surface area contributed by atoms with Crippen LogP contribution < -0.4 is 11.1 Å². The highest BCUT2D eigenvalue weighted by Crippen LogP contribution is 2.08. The molecule has 0 rings (SSSR count). The van der Waals surface area contributed by atoms with Gasteiger partial charge in [-0.2, -0.15) is 11.8 Å². The molecule has 0 aliphatic heterocycles. The standard InChI is InChI=1S/C9H20N2O2S/c1-9(13,7-14-2)6-11-8(12)4-3-5-10/h13H,3-7,10H2,1-2H3,(H,11,12). The first kappa shape index (κ1) is 13.7. The molecule has 0 aromatic carbocycles. The third-order valence-electron chi connectivity index (χ3n) is 1.73. The Hall–Kier alpha value is -0.260. The Bertz CT molecular complexity index is 174. The molecule has 1 unspecified atom stereocenters. The van der Waals surface area contributed by atoms with E-state index >= 15 is 0 Å². The van der Waals surface area contributed by atoms with E-state index < -0.39 is 5.60 Å². The van der Waals surface area contributed by atoms with Crippen molar-refractivity contribution in [1.29, 1.82) is 0 Å². The van der Waals surface area contributed by atoms with E-state index in [-0.39, 0.29) is 5.91 Å². The summed E-state index contributed by atoms with van der Waals surface area (Å²) in [4.78, 5) is 11.2. The van der Waals surface area contributed by atoms with Crippen LogP contribution in [0.25, 0.3) is 0 Å². The highest BCUT2D eigenvalue weighted by Gasteiger charge is 2.19. The average Bonchev–Trinajstić information content (AvgIpc) is 2.11. The van der Waals surface area contributed by atoms with Gasteiger partial charge in [0.1, 0.15) is 0 Å². The van der Waals surface area contributed by atoms with E-state index in [1.54, 1.807) is 18.7 Å². The van der Waals surface area contributed by atoms with Crippen LogP contribution in [0.15, 0.2) is 0 Å². The maximum atomic E-state index is 11.2. The molecule has 84 valence electrons. The van der Waals surface area contributed by atoms with Gasteiger partial charge in [-0.1, -0.05) is 0 Å². The van der Waals surface area contributed by atoms with Gasteiger partial charge >= 0.3 is 0 Å². The first-order valence-corrected chi connectivity index (χ1v) is 6.09. The molecule has 0 spiro atoms. The minimum Gasteiger partial charge on any atom is -0.387 e. The van der Waals surface area contributed by atoms with E-state index in [2.05, 4.69) is 5.32 Å². The number of carbonyl (C=O) groups is 1. The molecular formula is C9H20N2O2S. The fourth-order valence-electron chi connectivity index (χ4n) is 1.00. The molecule has 5 heteroatoms. The van der Waals surface area contributed by atoms with Crippen molar-refractivity contribution in [3.05, 3.63) is 0 Å². The van der Waals surface area contributed by atoms with Crippen LogP contribution in [0.3, 0.4) is 0 Å². The molecular weight excluding hydrogens is 200 g/mol. The normalized spacial score (nSPS) is 14.9. The number of thioether (sulfide) groups is 1. The first-order valence-electron chi connectivity index (χ1n) is 4.70. The fraction of sp³-hybridized carbons (Fsp3) is 0.889. The van der Waals surface area contributed by atoms with Crippen LogP contribution in [0.4, 0.5) is 0 Å². The second kappa shape index (κ2) is 7.09. The summed E-state index contributed by atoms with van der Waals surface area (Å²) >= 11 is 1.56. The molecule has 0 aliphatic rings. The second-order valence-electron chi connectivity index (χ2n) is 3.60. The van der Waals surface area contributed by atoms with Crippen LogP contribution in [0.2, 0.25) is 0 Å². The summed E-state index contributed by atoms with van der Waals surface area (Å²) < 4.78 is 0. The SMILES string of the molecule is CSCC(C)(O)CNC(=O)CCCN. The number of aliphatic hydroxyl groups is 1. The Kier molecular flexibility index (Phi) is 6.96. The van der Waals surface area contributed by atoms with Gasteiger partial charge in [-0.3, -0.25) is 4.79 Å². The van der Waals surface area contributed by atoms with Crippen LogP contribution in [0, 0.1) is 0 Å². The number of carbonyl (C=O) groups excluding carboxylic acids is 1. The summed E-state index contributed by atoms with van der Waals surface area (Å²) in [5, 5.41) is 12.4. The van der Waals surface area contributed by atoms with Gasteiger partial charge in [0.25, 0.3) is 0 Å². The van der Waals surface area contributed by atoms with Gasteiger partial charge in [-0.25, -0.2) is 0 Å². The van der Waals surface area contributed by atoms with E-state index in [0.717, 1.165) is 0 Å². The topological polar surface area (TPSA) is 75.3 Å². The highest BCUT2D eigenvalue weighted by atomic mass is 32.2. The summed E-state index contributed by atoms with van der Waals surface area (Å²) in [5.41, 5.74) is 4.45. The molecule has 1 amide bonds. The summed E-state index contributed by atoms with van der Waals surface area (Å²) in [6.45, 7) is 2.54. The molecule has 4 nitrogen and oxygen atoms in total. The molecule has 0 bridgehead atoms. The number of nitrogens with one attached hydrogen (secondary N) is 1. The maximum absolute atomic E-state index is 11.2. The Balaban J connectivity index is 3.64. The predicted octanol–water partition coefficient (Wildman–Crippen LogP) is -0.0445. The van der Waals surface area contributed by atoms with Crippen molar-refractivity contribution >= 4 is 17.7 Å². The highest BCUT2D eigenvalue weighted by molar-refractivity contribution is 7.98. The third-order valence-corrected chi connectivity index (χ3v) is 2.64. The quantitative estimate of drug-likeness (QED) is 0.562. The second-order valence-corrected chi connectivity index (χ2v) is 4.46. The molecule has 0 heterocycles. The largest absolute Gasteiger partial charge is 0.387 e. The van der Waals surface area contributed by atoms with E-state index in [1.807, 2.05) is 6.26 Å². The van der Waals surface area contributed by atoms with Crippen LogP contribution in [-0.4, -0.2) is 41.7 Å². The van der Waals surface area contributed by atoms with Crippen molar-refractivity contribution in [2.75, 3.05) is 25.1 Å². The van der Waals surface area contributed by atoms with Gasteiger partial charge in [-0.15, -0.1) is 0 Å². The Morgan fingerprint density at radius 3 is 2.79 bits per heavy atom. The smallest absolute Gasteiger partial charge is 0.220 e. The van der Waals surface area contributed by atoms with Crippen molar-refractivity contribution in [2.24, 2.45) is 5.73 Å². The molecule has 0 fully saturated rings. The van der Waals surface area contributed by atoms with E-state index in [1.165, 1.54) is 0 Å². The molecule has 1 atom stereocenters. The zero-order valence-corrected chi connectivity index (χ0v) is 9.69. The lowest BCUT2D eigenvalue weighted by Gasteiger charge is -2.22. The summed E-state index contributed by atoms with van der Waals surface area (Å²) in [6.07, 6.45) is 3.05.